The standard InChI is InChI=1S/C27H31NO3/c1-31-21-12-10-18(11-13-21)16-23-22-8-5-9-24-26(22)20(17-25(23)29)14-15-28(24)27(30)19-6-3-2-4-7-19/h2-4,6-7,10-13,20,22-24,26H,5,8-9,14-17H2,1H3/t20-,22+,23+,24+,26+/m1/s1. The minimum absolute atomic E-state index is 0.0734. The van der Waals surface area contributed by atoms with E-state index < -0.39 is 0 Å². The number of piperidine rings is 1. The van der Waals surface area contributed by atoms with E-state index in [2.05, 4.69) is 17.0 Å². The minimum atomic E-state index is 0.0734. The Kier molecular flexibility index (Phi) is 5.56. The van der Waals surface area contributed by atoms with Crippen LogP contribution in [0.1, 0.15) is 48.0 Å². The zero-order valence-electron chi connectivity index (χ0n) is 18.2. The first kappa shape index (κ1) is 20.3. The van der Waals surface area contributed by atoms with Crippen molar-refractivity contribution in [3.8, 4) is 5.75 Å². The third kappa shape index (κ3) is 3.77. The summed E-state index contributed by atoms with van der Waals surface area (Å²) in [7, 11) is 1.67. The van der Waals surface area contributed by atoms with E-state index in [-0.39, 0.29) is 17.9 Å². The van der Waals surface area contributed by atoms with Gasteiger partial charge < -0.3 is 9.64 Å². The van der Waals surface area contributed by atoms with E-state index in [9.17, 15) is 9.59 Å². The van der Waals surface area contributed by atoms with Crippen LogP contribution >= 0.6 is 0 Å². The van der Waals surface area contributed by atoms with Gasteiger partial charge in [-0.15, -0.1) is 0 Å². The first-order chi connectivity index (χ1) is 15.2. The molecule has 1 aliphatic heterocycles. The summed E-state index contributed by atoms with van der Waals surface area (Å²) in [5.74, 6) is 2.80. The van der Waals surface area contributed by atoms with E-state index in [0.29, 0.717) is 30.0 Å². The molecule has 0 unspecified atom stereocenters. The van der Waals surface area contributed by atoms with E-state index in [0.717, 1.165) is 50.0 Å². The molecule has 1 saturated heterocycles. The third-order valence-electron chi connectivity index (χ3n) is 7.95. The van der Waals surface area contributed by atoms with Crippen LogP contribution in [0.15, 0.2) is 54.6 Å². The van der Waals surface area contributed by atoms with Gasteiger partial charge in [-0.05, 0) is 73.3 Å². The molecule has 0 bridgehead atoms. The lowest BCUT2D eigenvalue weighted by Crippen LogP contribution is -2.59. The van der Waals surface area contributed by atoms with Gasteiger partial charge in [0.05, 0.1) is 7.11 Å². The van der Waals surface area contributed by atoms with Crippen LogP contribution in [0.3, 0.4) is 0 Å². The molecule has 162 valence electrons. The molecular formula is C27H31NO3. The maximum absolute atomic E-state index is 13.3. The van der Waals surface area contributed by atoms with Crippen LogP contribution in [0.5, 0.6) is 5.75 Å². The van der Waals surface area contributed by atoms with Crippen LogP contribution in [-0.2, 0) is 11.2 Å². The average Bonchev–Trinajstić information content (AvgIpc) is 2.82. The largest absolute Gasteiger partial charge is 0.497 e. The average molecular weight is 418 g/mol. The number of rotatable bonds is 4. The second-order valence-corrected chi connectivity index (χ2v) is 9.48. The number of nitrogens with zero attached hydrogens (tertiary/aromatic N) is 1. The van der Waals surface area contributed by atoms with Crippen molar-refractivity contribution in [2.24, 2.45) is 23.7 Å². The van der Waals surface area contributed by atoms with Gasteiger partial charge in [0.15, 0.2) is 0 Å². The van der Waals surface area contributed by atoms with Crippen LogP contribution in [0.2, 0.25) is 0 Å². The second kappa shape index (κ2) is 8.49. The van der Waals surface area contributed by atoms with Gasteiger partial charge >= 0.3 is 0 Å². The molecule has 3 fully saturated rings. The molecule has 31 heavy (non-hydrogen) atoms. The summed E-state index contributed by atoms with van der Waals surface area (Å²) >= 11 is 0. The summed E-state index contributed by atoms with van der Waals surface area (Å²) in [5, 5.41) is 0. The van der Waals surface area contributed by atoms with Crippen LogP contribution in [0.4, 0.5) is 0 Å². The highest BCUT2D eigenvalue weighted by Crippen LogP contribution is 2.51. The van der Waals surface area contributed by atoms with Gasteiger partial charge in [-0.3, -0.25) is 9.59 Å². The fourth-order valence-corrected chi connectivity index (χ4v) is 6.56. The summed E-state index contributed by atoms with van der Waals surface area (Å²) in [5.41, 5.74) is 1.98. The Morgan fingerprint density at radius 1 is 1.03 bits per heavy atom. The van der Waals surface area contributed by atoms with Crippen molar-refractivity contribution in [2.75, 3.05) is 13.7 Å². The van der Waals surface area contributed by atoms with Gasteiger partial charge in [-0.25, -0.2) is 0 Å². The Balaban J connectivity index is 1.39. The highest BCUT2D eigenvalue weighted by atomic mass is 16.5. The minimum Gasteiger partial charge on any atom is -0.497 e. The Morgan fingerprint density at radius 2 is 1.81 bits per heavy atom. The van der Waals surface area contributed by atoms with Crippen molar-refractivity contribution in [2.45, 2.75) is 44.6 Å². The molecule has 2 aromatic carbocycles. The monoisotopic (exact) mass is 417 g/mol. The zero-order chi connectivity index (χ0) is 21.4. The van der Waals surface area contributed by atoms with Crippen molar-refractivity contribution in [1.82, 2.24) is 4.90 Å². The first-order valence-corrected chi connectivity index (χ1v) is 11.7. The number of methoxy groups -OCH3 is 1. The number of amides is 1. The summed E-state index contributed by atoms with van der Waals surface area (Å²) in [6.45, 7) is 0.780. The van der Waals surface area contributed by atoms with Crippen molar-refractivity contribution >= 4 is 11.7 Å². The number of carbonyl (C=O) groups is 2. The van der Waals surface area contributed by atoms with Crippen LogP contribution in [0, 0.1) is 23.7 Å². The highest BCUT2D eigenvalue weighted by molar-refractivity contribution is 5.94. The zero-order valence-corrected chi connectivity index (χ0v) is 18.2. The molecule has 4 heteroatoms. The summed E-state index contributed by atoms with van der Waals surface area (Å²) in [4.78, 5) is 28.7. The lowest BCUT2D eigenvalue weighted by molar-refractivity contribution is -0.137. The maximum atomic E-state index is 13.3. The number of likely N-dealkylation sites (tertiary alicyclic amines) is 1. The predicted octanol–water partition coefficient (Wildman–Crippen LogP) is 4.77. The smallest absolute Gasteiger partial charge is 0.254 e. The molecule has 0 spiro atoms. The van der Waals surface area contributed by atoms with Crippen molar-refractivity contribution < 1.29 is 14.3 Å². The Hall–Kier alpha value is -2.62. The summed E-state index contributed by atoms with van der Waals surface area (Å²) < 4.78 is 5.28. The third-order valence-corrected chi connectivity index (χ3v) is 7.95. The molecule has 1 heterocycles. The molecule has 4 nitrogen and oxygen atoms in total. The number of hydrogen-bond donors (Lipinski definition) is 0. The van der Waals surface area contributed by atoms with Crippen molar-refractivity contribution in [1.29, 1.82) is 0 Å². The van der Waals surface area contributed by atoms with Gasteiger partial charge in [0.1, 0.15) is 11.5 Å². The normalized spacial score (nSPS) is 29.9. The van der Waals surface area contributed by atoms with Gasteiger partial charge in [0.2, 0.25) is 0 Å². The Morgan fingerprint density at radius 3 is 2.55 bits per heavy atom. The van der Waals surface area contributed by atoms with Gasteiger partial charge in [0.25, 0.3) is 5.91 Å². The van der Waals surface area contributed by atoms with Crippen molar-refractivity contribution in [3.05, 3.63) is 65.7 Å². The summed E-state index contributed by atoms with van der Waals surface area (Å²) in [6.07, 6.45) is 5.72. The quantitative estimate of drug-likeness (QED) is 0.720. The number of carbonyl (C=O) groups excluding carboxylic acids is 2. The highest BCUT2D eigenvalue weighted by Gasteiger charge is 2.52. The molecule has 3 aliphatic rings. The maximum Gasteiger partial charge on any atom is 0.254 e. The predicted molar refractivity (Wildman–Crippen MR) is 120 cm³/mol. The van der Waals surface area contributed by atoms with E-state index in [4.69, 9.17) is 4.74 Å². The number of Topliss-reactive ketones (excluding diaryl/α,β-unsaturated/α-hetero) is 1. The topological polar surface area (TPSA) is 46.6 Å². The molecule has 0 aromatic heterocycles. The van der Waals surface area contributed by atoms with Gasteiger partial charge in [-0.1, -0.05) is 36.8 Å². The van der Waals surface area contributed by atoms with Crippen LogP contribution in [0.25, 0.3) is 0 Å². The fourth-order valence-electron chi connectivity index (χ4n) is 6.56. The SMILES string of the molecule is COc1ccc(C[C@@H]2C(=O)C[C@H]3CCN(C(=O)c4ccccc4)[C@H]4CCC[C@@H]2[C@H]34)cc1. The van der Waals surface area contributed by atoms with E-state index >= 15 is 0 Å². The molecule has 0 N–H and O–H groups in total. The van der Waals surface area contributed by atoms with E-state index in [1.807, 2.05) is 42.5 Å². The number of hydrogen-bond acceptors (Lipinski definition) is 3. The number of benzene rings is 2. The lowest BCUT2D eigenvalue weighted by Gasteiger charge is -2.55. The first-order valence-electron chi connectivity index (χ1n) is 11.7. The second-order valence-electron chi connectivity index (χ2n) is 9.48. The lowest BCUT2D eigenvalue weighted by atomic mass is 9.55. The Bertz CT molecular complexity index is 939. The Labute approximate surface area is 184 Å². The molecule has 5 rings (SSSR count). The molecule has 2 aromatic rings. The van der Waals surface area contributed by atoms with Gasteiger partial charge in [0, 0.05) is 30.5 Å². The van der Waals surface area contributed by atoms with Crippen LogP contribution in [-0.4, -0.2) is 36.3 Å². The fraction of sp³-hybridized carbons (Fsp3) is 0.481. The van der Waals surface area contributed by atoms with Gasteiger partial charge in [-0.2, -0.15) is 0 Å². The molecule has 5 atom stereocenters. The van der Waals surface area contributed by atoms with Crippen molar-refractivity contribution in [3.63, 3.8) is 0 Å². The van der Waals surface area contributed by atoms with E-state index in [1.165, 1.54) is 5.56 Å². The molecule has 2 aliphatic carbocycles. The number of ether oxygens (including phenoxy) is 1. The molecule has 2 saturated carbocycles. The summed E-state index contributed by atoms with van der Waals surface area (Å²) in [6, 6.07) is 18.1. The molecular weight excluding hydrogens is 386 g/mol. The molecule has 1 amide bonds. The van der Waals surface area contributed by atoms with Crippen LogP contribution < -0.4 is 4.74 Å². The molecule has 0 radical (unpaired) electrons. The number of ketones is 1. The van der Waals surface area contributed by atoms with E-state index in [1.54, 1.807) is 7.11 Å².